The molecule has 2 heterocycles. The van der Waals surface area contributed by atoms with Gasteiger partial charge < -0.3 is 15.0 Å². The molecule has 5 nitrogen and oxygen atoms in total. The van der Waals surface area contributed by atoms with Crippen LogP contribution in [0.15, 0.2) is 18.3 Å². The molecule has 23 heavy (non-hydrogen) atoms. The normalized spacial score (nSPS) is 19.6. The number of alkyl halides is 3. The van der Waals surface area contributed by atoms with Crippen LogP contribution in [-0.2, 0) is 10.9 Å². The molecule has 1 unspecified atom stereocenters. The molecule has 1 fully saturated rings. The number of amides is 1. The summed E-state index contributed by atoms with van der Waals surface area (Å²) in [4.78, 5) is 17.0. The Balaban J connectivity index is 2.18. The Labute approximate surface area is 132 Å². The van der Waals surface area contributed by atoms with E-state index in [4.69, 9.17) is 4.74 Å². The van der Waals surface area contributed by atoms with Crippen molar-refractivity contribution in [2.45, 2.75) is 38.6 Å². The Hall–Kier alpha value is -1.83. The summed E-state index contributed by atoms with van der Waals surface area (Å²) < 4.78 is 44.5. The Morgan fingerprint density at radius 1 is 1.39 bits per heavy atom. The van der Waals surface area contributed by atoms with Gasteiger partial charge in [0.05, 0.1) is 6.04 Å². The highest BCUT2D eigenvalue weighted by Gasteiger charge is 2.38. The predicted molar refractivity (Wildman–Crippen MR) is 77.8 cm³/mol. The summed E-state index contributed by atoms with van der Waals surface area (Å²) in [5.41, 5.74) is -1.54. The minimum Gasteiger partial charge on any atom is -0.444 e. The molecular formula is C15H20F3N3O2. The molecule has 0 aliphatic carbocycles. The summed E-state index contributed by atoms with van der Waals surface area (Å²) in [7, 11) is 0. The fourth-order valence-corrected chi connectivity index (χ4v) is 2.39. The van der Waals surface area contributed by atoms with Crippen LogP contribution in [-0.4, -0.2) is 41.2 Å². The van der Waals surface area contributed by atoms with Gasteiger partial charge in [-0.2, -0.15) is 13.2 Å². The molecule has 1 aromatic rings. The molecule has 1 atom stereocenters. The fourth-order valence-electron chi connectivity index (χ4n) is 2.39. The number of pyridine rings is 1. The maximum absolute atomic E-state index is 13.1. The highest BCUT2D eigenvalue weighted by atomic mass is 19.4. The minimum absolute atomic E-state index is 0.0354. The highest BCUT2D eigenvalue weighted by Crippen LogP contribution is 2.33. The number of hydrogen-bond acceptors (Lipinski definition) is 4. The molecule has 0 radical (unpaired) electrons. The second kappa shape index (κ2) is 6.35. The van der Waals surface area contributed by atoms with Gasteiger partial charge in [0.25, 0.3) is 0 Å². The van der Waals surface area contributed by atoms with Gasteiger partial charge >= 0.3 is 12.3 Å². The first-order chi connectivity index (χ1) is 10.6. The van der Waals surface area contributed by atoms with Crippen LogP contribution in [0.4, 0.5) is 18.0 Å². The monoisotopic (exact) mass is 331 g/mol. The Morgan fingerprint density at radius 2 is 2.09 bits per heavy atom. The largest absolute Gasteiger partial charge is 0.444 e. The summed E-state index contributed by atoms with van der Waals surface area (Å²) in [6, 6.07) is 2.20. The van der Waals surface area contributed by atoms with E-state index in [9.17, 15) is 18.0 Å². The number of hydrogen-bond donors (Lipinski definition) is 1. The molecule has 2 rings (SSSR count). The zero-order valence-electron chi connectivity index (χ0n) is 13.3. The molecule has 0 saturated carbocycles. The van der Waals surface area contributed by atoms with Crippen LogP contribution >= 0.6 is 0 Å². The van der Waals surface area contributed by atoms with Crippen LogP contribution in [0.3, 0.4) is 0 Å². The zero-order chi connectivity index (χ0) is 17.3. The van der Waals surface area contributed by atoms with Crippen LogP contribution in [0.25, 0.3) is 0 Å². The Bertz CT molecular complexity index is 570. The van der Waals surface area contributed by atoms with E-state index >= 15 is 0 Å². The van der Waals surface area contributed by atoms with Crippen molar-refractivity contribution in [3.8, 4) is 0 Å². The average molecular weight is 331 g/mol. The summed E-state index contributed by atoms with van der Waals surface area (Å²) in [6.07, 6.45) is -3.95. The molecule has 1 amide bonds. The van der Waals surface area contributed by atoms with Crippen LogP contribution in [0.1, 0.15) is 38.1 Å². The number of piperazine rings is 1. The number of halogens is 3. The molecule has 0 spiro atoms. The van der Waals surface area contributed by atoms with E-state index in [1.54, 1.807) is 20.8 Å². The lowest BCUT2D eigenvalue weighted by Crippen LogP contribution is -2.50. The summed E-state index contributed by atoms with van der Waals surface area (Å²) >= 11 is 0. The Morgan fingerprint density at radius 3 is 2.70 bits per heavy atom. The van der Waals surface area contributed by atoms with Gasteiger partial charge in [-0.25, -0.2) is 4.79 Å². The van der Waals surface area contributed by atoms with E-state index < -0.39 is 29.6 Å². The van der Waals surface area contributed by atoms with Gasteiger partial charge in [-0.1, -0.05) is 6.07 Å². The van der Waals surface area contributed by atoms with Gasteiger partial charge in [0.15, 0.2) is 0 Å². The molecule has 1 N–H and O–H groups in total. The van der Waals surface area contributed by atoms with Crippen molar-refractivity contribution in [3.05, 3.63) is 29.6 Å². The van der Waals surface area contributed by atoms with Gasteiger partial charge in [-0.05, 0) is 26.8 Å². The van der Waals surface area contributed by atoms with Crippen LogP contribution < -0.4 is 5.32 Å². The average Bonchev–Trinajstić information content (AvgIpc) is 2.45. The number of nitrogens with zero attached hydrogens (tertiary/aromatic N) is 2. The molecule has 1 aliphatic heterocycles. The third kappa shape index (κ3) is 4.57. The number of ether oxygens (including phenoxy) is 1. The number of carbonyl (C=O) groups excluding carboxylic acids is 1. The first-order valence-electron chi connectivity index (χ1n) is 7.31. The molecule has 0 aromatic carbocycles. The second-order valence-electron chi connectivity index (χ2n) is 6.37. The van der Waals surface area contributed by atoms with Gasteiger partial charge in [0.1, 0.15) is 11.3 Å². The minimum atomic E-state index is -4.54. The molecule has 1 aromatic heterocycles. The Kier molecular flexibility index (Phi) is 4.84. The van der Waals surface area contributed by atoms with E-state index in [-0.39, 0.29) is 12.1 Å². The van der Waals surface area contributed by atoms with Gasteiger partial charge in [-0.15, -0.1) is 0 Å². The fraction of sp³-hybridized carbons (Fsp3) is 0.600. The summed E-state index contributed by atoms with van der Waals surface area (Å²) in [6.45, 7) is 6.10. The second-order valence-corrected chi connectivity index (χ2v) is 6.37. The molecule has 1 aliphatic rings. The van der Waals surface area contributed by atoms with Crippen molar-refractivity contribution in [1.82, 2.24) is 15.2 Å². The maximum atomic E-state index is 13.1. The lowest BCUT2D eigenvalue weighted by Gasteiger charge is -2.35. The topological polar surface area (TPSA) is 54.5 Å². The first-order valence-corrected chi connectivity index (χ1v) is 7.31. The molecule has 0 bridgehead atoms. The van der Waals surface area contributed by atoms with Gasteiger partial charge in [-0.3, -0.25) is 4.98 Å². The smallest absolute Gasteiger partial charge is 0.433 e. The van der Waals surface area contributed by atoms with E-state index in [0.717, 1.165) is 6.20 Å². The van der Waals surface area contributed by atoms with Gasteiger partial charge in [0.2, 0.25) is 0 Å². The molecule has 1 saturated heterocycles. The van der Waals surface area contributed by atoms with Crippen molar-refractivity contribution in [2.75, 3.05) is 19.6 Å². The molecular weight excluding hydrogens is 311 g/mol. The SMILES string of the molecule is CC(C)(C)OC(=O)N1CCNC(c2cccnc2C(F)(F)F)C1. The predicted octanol–water partition coefficient (Wildman–Crippen LogP) is 2.98. The first kappa shape index (κ1) is 17.5. The lowest BCUT2D eigenvalue weighted by molar-refractivity contribution is -0.142. The van der Waals surface area contributed by atoms with Crippen LogP contribution in [0, 0.1) is 0 Å². The third-order valence-corrected chi connectivity index (χ3v) is 3.31. The van der Waals surface area contributed by atoms with E-state index in [0.29, 0.717) is 13.1 Å². The highest BCUT2D eigenvalue weighted by molar-refractivity contribution is 5.68. The van der Waals surface area contributed by atoms with Crippen molar-refractivity contribution < 1.29 is 22.7 Å². The van der Waals surface area contributed by atoms with E-state index in [2.05, 4.69) is 10.3 Å². The van der Waals surface area contributed by atoms with Crippen molar-refractivity contribution in [1.29, 1.82) is 0 Å². The van der Waals surface area contributed by atoms with Crippen LogP contribution in [0.5, 0.6) is 0 Å². The van der Waals surface area contributed by atoms with Crippen molar-refractivity contribution in [2.24, 2.45) is 0 Å². The lowest BCUT2D eigenvalue weighted by atomic mass is 10.0. The van der Waals surface area contributed by atoms with E-state index in [1.165, 1.54) is 17.0 Å². The maximum Gasteiger partial charge on any atom is 0.433 e. The van der Waals surface area contributed by atoms with Crippen molar-refractivity contribution in [3.63, 3.8) is 0 Å². The standard InChI is InChI=1S/C15H20F3N3O2/c1-14(2,3)23-13(22)21-8-7-19-11(9-21)10-5-4-6-20-12(10)15(16,17)18/h4-6,11,19H,7-9H2,1-3H3. The quantitative estimate of drug-likeness (QED) is 0.859. The van der Waals surface area contributed by atoms with Crippen LogP contribution in [0.2, 0.25) is 0 Å². The summed E-state index contributed by atoms with van der Waals surface area (Å²) in [5, 5.41) is 3.01. The zero-order valence-corrected chi connectivity index (χ0v) is 13.3. The van der Waals surface area contributed by atoms with Crippen molar-refractivity contribution >= 4 is 6.09 Å². The molecule has 128 valence electrons. The molecule has 8 heteroatoms. The number of nitrogens with one attached hydrogen (secondary N) is 1. The summed E-state index contributed by atoms with van der Waals surface area (Å²) in [5.74, 6) is 0. The number of aromatic nitrogens is 1. The number of carbonyl (C=O) groups is 1. The van der Waals surface area contributed by atoms with Gasteiger partial charge in [0, 0.05) is 31.4 Å². The van der Waals surface area contributed by atoms with E-state index in [1.807, 2.05) is 0 Å². The number of rotatable bonds is 1. The third-order valence-electron chi connectivity index (χ3n) is 3.31.